The number of aliphatic hydroxyl groups excluding tert-OH is 2. The summed E-state index contributed by atoms with van der Waals surface area (Å²) in [6.07, 6.45) is -0.915. The molecule has 0 saturated heterocycles. The fraction of sp³-hybridized carbons (Fsp3) is 0.556. The standard InChI is InChI=1S/C27H38O9/c1-18(2)11-20(28)13-34-24-8-6-7-19-12-22(9-10-23(19)24)33-14-21(29)15-35-25(30)16-32-17-26(31)36-27(3,4)5/h6-10,12,18,20-21,28-29H,11,13-17H2,1-5H3. The lowest BCUT2D eigenvalue weighted by Gasteiger charge is -2.19. The Labute approximate surface area is 212 Å². The Balaban J connectivity index is 1.76. The second-order valence-corrected chi connectivity index (χ2v) is 9.96. The molecule has 2 unspecified atom stereocenters. The van der Waals surface area contributed by atoms with Crippen molar-refractivity contribution >= 4 is 22.7 Å². The summed E-state index contributed by atoms with van der Waals surface area (Å²) in [6, 6.07) is 11.0. The number of benzene rings is 2. The topological polar surface area (TPSA) is 121 Å². The van der Waals surface area contributed by atoms with E-state index in [1.807, 2.05) is 44.2 Å². The summed E-state index contributed by atoms with van der Waals surface area (Å²) in [5.74, 6) is 0.288. The first-order chi connectivity index (χ1) is 16.9. The summed E-state index contributed by atoms with van der Waals surface area (Å²) in [5.41, 5.74) is -0.636. The molecule has 0 fully saturated rings. The van der Waals surface area contributed by atoms with Crippen LogP contribution in [0.4, 0.5) is 0 Å². The number of hydrogen-bond acceptors (Lipinski definition) is 9. The lowest BCUT2D eigenvalue weighted by Crippen LogP contribution is -2.29. The third-order valence-corrected chi connectivity index (χ3v) is 4.73. The zero-order chi connectivity index (χ0) is 26.7. The van der Waals surface area contributed by atoms with Crippen molar-refractivity contribution in [3.05, 3.63) is 36.4 Å². The molecule has 9 heteroatoms. The third-order valence-electron chi connectivity index (χ3n) is 4.73. The predicted octanol–water partition coefficient (Wildman–Crippen LogP) is 3.27. The van der Waals surface area contributed by atoms with Crippen molar-refractivity contribution in [2.75, 3.05) is 33.0 Å². The van der Waals surface area contributed by atoms with E-state index in [4.69, 9.17) is 23.7 Å². The highest BCUT2D eigenvalue weighted by atomic mass is 16.6. The molecule has 2 N–H and O–H groups in total. The number of aliphatic hydroxyl groups is 2. The summed E-state index contributed by atoms with van der Waals surface area (Å²) in [4.78, 5) is 23.3. The van der Waals surface area contributed by atoms with Gasteiger partial charge in [-0.05, 0) is 62.8 Å². The van der Waals surface area contributed by atoms with Crippen LogP contribution in [-0.4, -0.2) is 73.0 Å². The Kier molecular flexibility index (Phi) is 11.4. The van der Waals surface area contributed by atoms with Crippen molar-refractivity contribution in [2.45, 2.75) is 58.8 Å². The molecule has 0 heterocycles. The van der Waals surface area contributed by atoms with Gasteiger partial charge in [-0.1, -0.05) is 26.0 Å². The molecule has 0 bridgehead atoms. The van der Waals surface area contributed by atoms with Gasteiger partial charge in [-0.15, -0.1) is 0 Å². The number of ether oxygens (including phenoxy) is 5. The first-order valence-corrected chi connectivity index (χ1v) is 12.0. The maximum absolute atomic E-state index is 11.7. The Morgan fingerprint density at radius 1 is 0.889 bits per heavy atom. The van der Waals surface area contributed by atoms with E-state index >= 15 is 0 Å². The van der Waals surface area contributed by atoms with Gasteiger partial charge < -0.3 is 33.9 Å². The largest absolute Gasteiger partial charge is 0.491 e. The van der Waals surface area contributed by atoms with E-state index in [9.17, 15) is 19.8 Å². The highest BCUT2D eigenvalue weighted by molar-refractivity contribution is 5.89. The Hall–Kier alpha value is -2.88. The molecule has 200 valence electrons. The van der Waals surface area contributed by atoms with Gasteiger partial charge in [-0.25, -0.2) is 9.59 Å². The van der Waals surface area contributed by atoms with Crippen molar-refractivity contribution in [1.82, 2.24) is 0 Å². The smallest absolute Gasteiger partial charge is 0.332 e. The van der Waals surface area contributed by atoms with Gasteiger partial charge in [0.15, 0.2) is 0 Å². The molecule has 2 atom stereocenters. The van der Waals surface area contributed by atoms with Gasteiger partial charge in [0.05, 0.1) is 6.10 Å². The van der Waals surface area contributed by atoms with Gasteiger partial charge in [0.2, 0.25) is 0 Å². The van der Waals surface area contributed by atoms with Crippen LogP contribution in [0.25, 0.3) is 10.8 Å². The first-order valence-electron chi connectivity index (χ1n) is 12.0. The van der Waals surface area contributed by atoms with Gasteiger partial charge >= 0.3 is 11.9 Å². The van der Waals surface area contributed by atoms with Crippen LogP contribution in [0.5, 0.6) is 11.5 Å². The maximum Gasteiger partial charge on any atom is 0.332 e. The molecule has 2 rings (SSSR count). The minimum atomic E-state index is -1.05. The molecule has 0 aliphatic heterocycles. The molecule has 0 aromatic heterocycles. The molecule has 0 aliphatic rings. The highest BCUT2D eigenvalue weighted by Crippen LogP contribution is 2.29. The number of hydrogen-bond donors (Lipinski definition) is 2. The summed E-state index contributed by atoms with van der Waals surface area (Å²) in [6.45, 7) is 8.33. The maximum atomic E-state index is 11.7. The fourth-order valence-corrected chi connectivity index (χ4v) is 3.31. The monoisotopic (exact) mass is 506 g/mol. The van der Waals surface area contributed by atoms with Crippen LogP contribution in [0.1, 0.15) is 41.0 Å². The van der Waals surface area contributed by atoms with Gasteiger partial charge in [-0.3, -0.25) is 0 Å². The predicted molar refractivity (Wildman–Crippen MR) is 134 cm³/mol. The SMILES string of the molecule is CC(C)CC(O)COc1cccc2cc(OCC(O)COC(=O)COCC(=O)OC(C)(C)C)ccc12. The normalized spacial score (nSPS) is 13.3. The molecule has 2 aromatic carbocycles. The van der Waals surface area contributed by atoms with Crippen LogP contribution in [0.2, 0.25) is 0 Å². The van der Waals surface area contributed by atoms with Crippen LogP contribution in [-0.2, 0) is 23.8 Å². The van der Waals surface area contributed by atoms with Crippen molar-refractivity contribution in [3.63, 3.8) is 0 Å². The lowest BCUT2D eigenvalue weighted by molar-refractivity contribution is -0.163. The highest BCUT2D eigenvalue weighted by Gasteiger charge is 2.17. The average molecular weight is 507 g/mol. The van der Waals surface area contributed by atoms with E-state index in [1.54, 1.807) is 26.8 Å². The summed E-state index contributed by atoms with van der Waals surface area (Å²) in [5, 5.41) is 21.9. The van der Waals surface area contributed by atoms with Gasteiger partial charge in [0.25, 0.3) is 0 Å². The van der Waals surface area contributed by atoms with Crippen LogP contribution in [0, 0.1) is 5.92 Å². The van der Waals surface area contributed by atoms with Crippen LogP contribution >= 0.6 is 0 Å². The molecule has 0 amide bonds. The van der Waals surface area contributed by atoms with Crippen LogP contribution in [0.15, 0.2) is 36.4 Å². The summed E-state index contributed by atoms with van der Waals surface area (Å²) in [7, 11) is 0. The molecule has 2 aromatic rings. The quantitative estimate of drug-likeness (QED) is 0.372. The van der Waals surface area contributed by atoms with Crippen molar-refractivity contribution in [1.29, 1.82) is 0 Å². The van der Waals surface area contributed by atoms with Crippen LogP contribution < -0.4 is 9.47 Å². The Bertz CT molecular complexity index is 981. The van der Waals surface area contributed by atoms with Crippen LogP contribution in [0.3, 0.4) is 0 Å². The van der Waals surface area contributed by atoms with Crippen molar-refractivity contribution < 1.29 is 43.5 Å². The van der Waals surface area contributed by atoms with Gasteiger partial charge in [0, 0.05) is 5.39 Å². The number of carbonyl (C=O) groups excluding carboxylic acids is 2. The van der Waals surface area contributed by atoms with E-state index in [1.165, 1.54) is 0 Å². The second kappa shape index (κ2) is 14.0. The van der Waals surface area contributed by atoms with E-state index < -0.39 is 36.4 Å². The molecule has 9 nitrogen and oxygen atoms in total. The van der Waals surface area contributed by atoms with E-state index in [2.05, 4.69) is 0 Å². The molecule has 0 aliphatic carbocycles. The third kappa shape index (κ3) is 11.2. The Morgan fingerprint density at radius 3 is 2.28 bits per heavy atom. The number of carbonyl (C=O) groups is 2. The number of esters is 2. The van der Waals surface area contributed by atoms with E-state index in [-0.39, 0.29) is 26.4 Å². The zero-order valence-corrected chi connectivity index (χ0v) is 21.7. The van der Waals surface area contributed by atoms with Crippen molar-refractivity contribution in [3.8, 4) is 11.5 Å². The molecule has 36 heavy (non-hydrogen) atoms. The summed E-state index contributed by atoms with van der Waals surface area (Å²) >= 11 is 0. The minimum absolute atomic E-state index is 0.0882. The fourth-order valence-electron chi connectivity index (χ4n) is 3.31. The summed E-state index contributed by atoms with van der Waals surface area (Å²) < 4.78 is 26.4. The zero-order valence-electron chi connectivity index (χ0n) is 21.7. The average Bonchev–Trinajstić information content (AvgIpc) is 2.78. The van der Waals surface area contributed by atoms with E-state index in [0.717, 1.165) is 10.8 Å². The molecule has 0 radical (unpaired) electrons. The first kappa shape index (κ1) is 29.4. The van der Waals surface area contributed by atoms with E-state index in [0.29, 0.717) is 23.8 Å². The minimum Gasteiger partial charge on any atom is -0.491 e. The number of rotatable bonds is 14. The molecule has 0 saturated carbocycles. The lowest BCUT2D eigenvalue weighted by atomic mass is 10.1. The second-order valence-electron chi connectivity index (χ2n) is 9.96. The molecule has 0 spiro atoms. The van der Waals surface area contributed by atoms with Crippen molar-refractivity contribution in [2.24, 2.45) is 5.92 Å². The van der Waals surface area contributed by atoms with Gasteiger partial charge in [0.1, 0.15) is 56.2 Å². The molecular formula is C27H38O9. The number of fused-ring (bicyclic) bond motifs is 1. The Morgan fingerprint density at radius 2 is 1.58 bits per heavy atom. The molecular weight excluding hydrogens is 468 g/mol. The van der Waals surface area contributed by atoms with Gasteiger partial charge in [-0.2, -0.15) is 0 Å².